The zero-order valence-electron chi connectivity index (χ0n) is 11.4. The third-order valence-corrected chi connectivity index (χ3v) is 2.71. The Bertz CT molecular complexity index is 345. The smallest absolute Gasteiger partial charge is 0.161 e. The molecule has 0 radical (unpaired) electrons. The third kappa shape index (κ3) is 5.15. The monoisotopic (exact) mass is 273 g/mol. The summed E-state index contributed by atoms with van der Waals surface area (Å²) in [6.45, 7) is 4.89. The van der Waals surface area contributed by atoms with Gasteiger partial charge in [0.25, 0.3) is 0 Å². The third-order valence-electron chi connectivity index (χ3n) is 2.71. The summed E-state index contributed by atoms with van der Waals surface area (Å²) < 4.78 is 10.9. The lowest BCUT2D eigenvalue weighted by Crippen LogP contribution is -2.21. The zero-order valence-corrected chi connectivity index (χ0v) is 12.3. The van der Waals surface area contributed by atoms with Crippen molar-refractivity contribution in [3.63, 3.8) is 0 Å². The van der Waals surface area contributed by atoms with E-state index in [4.69, 9.17) is 15.2 Å². The first-order chi connectivity index (χ1) is 8.21. The summed E-state index contributed by atoms with van der Waals surface area (Å²) in [4.78, 5) is 0. The van der Waals surface area contributed by atoms with Crippen molar-refractivity contribution in [2.75, 3.05) is 13.7 Å². The molecular weight excluding hydrogens is 250 g/mol. The van der Waals surface area contributed by atoms with Crippen LogP contribution in [0.4, 0.5) is 0 Å². The van der Waals surface area contributed by atoms with Crippen LogP contribution in [0.25, 0.3) is 0 Å². The van der Waals surface area contributed by atoms with Crippen molar-refractivity contribution >= 4 is 12.4 Å². The molecule has 1 rings (SSSR count). The average Bonchev–Trinajstić information content (AvgIpc) is 2.36. The van der Waals surface area contributed by atoms with Crippen molar-refractivity contribution < 1.29 is 9.47 Å². The van der Waals surface area contributed by atoms with Crippen molar-refractivity contribution in [2.24, 2.45) is 5.73 Å². The Hall–Kier alpha value is -0.930. The second kappa shape index (κ2) is 9.06. The predicted molar refractivity (Wildman–Crippen MR) is 78.0 cm³/mol. The molecule has 0 aliphatic carbocycles. The second-order valence-corrected chi connectivity index (χ2v) is 4.21. The van der Waals surface area contributed by atoms with E-state index in [0.717, 1.165) is 30.8 Å². The number of benzene rings is 1. The molecular formula is C14H24ClNO2. The summed E-state index contributed by atoms with van der Waals surface area (Å²) in [6.07, 6.45) is 2.85. The molecule has 18 heavy (non-hydrogen) atoms. The molecule has 0 aromatic heterocycles. The fourth-order valence-electron chi connectivity index (χ4n) is 1.62. The molecule has 0 saturated carbocycles. The van der Waals surface area contributed by atoms with Gasteiger partial charge in [0.2, 0.25) is 0 Å². The topological polar surface area (TPSA) is 44.5 Å². The fourth-order valence-corrected chi connectivity index (χ4v) is 1.62. The normalized spacial score (nSPS) is 11.6. The van der Waals surface area contributed by atoms with Crippen LogP contribution in [-0.2, 0) is 6.42 Å². The first-order valence-electron chi connectivity index (χ1n) is 6.26. The minimum Gasteiger partial charge on any atom is -0.493 e. The summed E-state index contributed by atoms with van der Waals surface area (Å²) in [7, 11) is 1.66. The maximum atomic E-state index is 5.94. The summed E-state index contributed by atoms with van der Waals surface area (Å²) in [6, 6.07) is 6.25. The summed E-state index contributed by atoms with van der Waals surface area (Å²) in [5.41, 5.74) is 7.14. The van der Waals surface area contributed by atoms with Gasteiger partial charge in [0.15, 0.2) is 11.5 Å². The Balaban J connectivity index is 0.00000289. The molecule has 2 N–H and O–H groups in total. The van der Waals surface area contributed by atoms with Gasteiger partial charge in [-0.2, -0.15) is 0 Å². The number of halogens is 1. The lowest BCUT2D eigenvalue weighted by molar-refractivity contribution is 0.294. The molecule has 0 heterocycles. The van der Waals surface area contributed by atoms with E-state index in [9.17, 15) is 0 Å². The van der Waals surface area contributed by atoms with Crippen LogP contribution < -0.4 is 15.2 Å². The molecule has 3 nitrogen and oxygen atoms in total. The quantitative estimate of drug-likeness (QED) is 0.830. The van der Waals surface area contributed by atoms with Gasteiger partial charge in [-0.25, -0.2) is 0 Å². The van der Waals surface area contributed by atoms with Crippen LogP contribution in [0.5, 0.6) is 11.5 Å². The van der Waals surface area contributed by atoms with Crippen molar-refractivity contribution in [3.05, 3.63) is 23.8 Å². The highest BCUT2D eigenvalue weighted by molar-refractivity contribution is 5.85. The van der Waals surface area contributed by atoms with E-state index < -0.39 is 0 Å². The number of methoxy groups -OCH3 is 1. The van der Waals surface area contributed by atoms with Crippen LogP contribution in [0.15, 0.2) is 18.2 Å². The number of rotatable bonds is 7. The van der Waals surface area contributed by atoms with Crippen LogP contribution >= 0.6 is 12.4 Å². The Morgan fingerprint density at radius 2 is 1.94 bits per heavy atom. The van der Waals surface area contributed by atoms with E-state index in [-0.39, 0.29) is 18.4 Å². The number of hydrogen-bond donors (Lipinski definition) is 1. The molecule has 104 valence electrons. The van der Waals surface area contributed by atoms with Crippen LogP contribution in [0.2, 0.25) is 0 Å². The molecule has 0 saturated heterocycles. The number of nitrogens with two attached hydrogens (primary N) is 1. The number of ether oxygens (including phenoxy) is 2. The second-order valence-electron chi connectivity index (χ2n) is 4.21. The molecule has 1 aromatic rings. The molecule has 4 heteroatoms. The molecule has 1 aromatic carbocycles. The highest BCUT2D eigenvalue weighted by Crippen LogP contribution is 2.28. The van der Waals surface area contributed by atoms with Crippen molar-refractivity contribution in [1.29, 1.82) is 0 Å². The SMILES string of the molecule is CCCOc1ccc(CC(N)CC)cc1OC.Cl. The largest absolute Gasteiger partial charge is 0.493 e. The molecule has 0 bridgehead atoms. The van der Waals surface area contributed by atoms with Gasteiger partial charge in [0.1, 0.15) is 0 Å². The average molecular weight is 274 g/mol. The highest BCUT2D eigenvalue weighted by atomic mass is 35.5. The minimum atomic E-state index is 0. The van der Waals surface area contributed by atoms with E-state index in [1.54, 1.807) is 7.11 Å². The van der Waals surface area contributed by atoms with Gasteiger partial charge in [0.05, 0.1) is 13.7 Å². The molecule has 1 atom stereocenters. The fraction of sp³-hybridized carbons (Fsp3) is 0.571. The van der Waals surface area contributed by atoms with E-state index in [1.165, 1.54) is 5.56 Å². The highest BCUT2D eigenvalue weighted by Gasteiger charge is 2.07. The standard InChI is InChI=1S/C14H23NO2.ClH/c1-4-8-17-13-7-6-11(9-12(15)5-2)10-14(13)16-3;/h6-7,10,12H,4-5,8-9,15H2,1-3H3;1H. The first-order valence-corrected chi connectivity index (χ1v) is 6.26. The van der Waals surface area contributed by atoms with Gasteiger partial charge in [0, 0.05) is 6.04 Å². The van der Waals surface area contributed by atoms with Gasteiger partial charge in [-0.15, -0.1) is 12.4 Å². The molecule has 0 amide bonds. The van der Waals surface area contributed by atoms with Crippen molar-refractivity contribution in [1.82, 2.24) is 0 Å². The predicted octanol–water partition coefficient (Wildman–Crippen LogP) is 3.19. The van der Waals surface area contributed by atoms with Gasteiger partial charge >= 0.3 is 0 Å². The van der Waals surface area contributed by atoms with Crippen molar-refractivity contribution in [2.45, 2.75) is 39.2 Å². The van der Waals surface area contributed by atoms with Crippen molar-refractivity contribution in [3.8, 4) is 11.5 Å². The van der Waals surface area contributed by atoms with Crippen LogP contribution in [0.3, 0.4) is 0 Å². The number of hydrogen-bond acceptors (Lipinski definition) is 3. The molecule has 1 unspecified atom stereocenters. The van der Waals surface area contributed by atoms with Gasteiger partial charge < -0.3 is 15.2 Å². The molecule has 0 aliphatic heterocycles. The Labute approximate surface area is 116 Å². The molecule has 0 aliphatic rings. The maximum absolute atomic E-state index is 5.94. The Morgan fingerprint density at radius 1 is 1.22 bits per heavy atom. The van der Waals surface area contributed by atoms with Gasteiger partial charge in [-0.05, 0) is 37.0 Å². The van der Waals surface area contributed by atoms with E-state index in [1.807, 2.05) is 12.1 Å². The lowest BCUT2D eigenvalue weighted by Gasteiger charge is -2.13. The van der Waals surface area contributed by atoms with Gasteiger partial charge in [-0.1, -0.05) is 19.9 Å². The van der Waals surface area contributed by atoms with Crippen LogP contribution in [-0.4, -0.2) is 19.8 Å². The van der Waals surface area contributed by atoms with E-state index in [2.05, 4.69) is 19.9 Å². The molecule has 0 fully saturated rings. The van der Waals surface area contributed by atoms with E-state index in [0.29, 0.717) is 6.61 Å². The minimum absolute atomic E-state index is 0. The van der Waals surface area contributed by atoms with Crippen LogP contribution in [0, 0.1) is 0 Å². The zero-order chi connectivity index (χ0) is 12.7. The molecule has 0 spiro atoms. The Morgan fingerprint density at radius 3 is 2.50 bits per heavy atom. The summed E-state index contributed by atoms with van der Waals surface area (Å²) in [5.74, 6) is 1.60. The first kappa shape index (κ1) is 17.1. The van der Waals surface area contributed by atoms with Crippen LogP contribution in [0.1, 0.15) is 32.3 Å². The maximum Gasteiger partial charge on any atom is 0.161 e. The van der Waals surface area contributed by atoms with E-state index >= 15 is 0 Å². The summed E-state index contributed by atoms with van der Waals surface area (Å²) >= 11 is 0. The summed E-state index contributed by atoms with van der Waals surface area (Å²) in [5, 5.41) is 0. The van der Waals surface area contributed by atoms with Gasteiger partial charge in [-0.3, -0.25) is 0 Å². The Kier molecular flexibility index (Phi) is 8.59. The lowest BCUT2D eigenvalue weighted by atomic mass is 10.0.